The van der Waals surface area contributed by atoms with Crippen molar-refractivity contribution in [3.63, 3.8) is 0 Å². The number of nitrogens with zero attached hydrogens (tertiary/aromatic N) is 2. The van der Waals surface area contributed by atoms with Gasteiger partial charge in [-0.3, -0.25) is 9.79 Å². The van der Waals surface area contributed by atoms with Crippen LogP contribution in [0.15, 0.2) is 4.99 Å². The average molecular weight is 283 g/mol. The van der Waals surface area contributed by atoms with Crippen LogP contribution in [0.5, 0.6) is 0 Å². The van der Waals surface area contributed by atoms with Crippen molar-refractivity contribution in [1.82, 2.24) is 10.2 Å². The molecule has 108 valence electrons. The van der Waals surface area contributed by atoms with E-state index in [1.54, 1.807) is 11.8 Å². The fourth-order valence-electron chi connectivity index (χ4n) is 2.60. The van der Waals surface area contributed by atoms with Gasteiger partial charge in [-0.1, -0.05) is 25.6 Å². The zero-order valence-electron chi connectivity index (χ0n) is 12.0. The molecule has 5 heteroatoms. The normalized spacial score (nSPS) is 25.3. The zero-order chi connectivity index (χ0) is 13.7. The molecule has 2 rings (SSSR count). The van der Waals surface area contributed by atoms with E-state index < -0.39 is 0 Å². The Kier molecular flexibility index (Phi) is 5.55. The topological polar surface area (TPSA) is 44.7 Å². The number of carbonyl (C=O) groups is 1. The Hall–Kier alpha value is -0.710. The van der Waals surface area contributed by atoms with Crippen LogP contribution in [0.4, 0.5) is 0 Å². The van der Waals surface area contributed by atoms with Crippen molar-refractivity contribution in [3.8, 4) is 0 Å². The Morgan fingerprint density at radius 2 is 2.21 bits per heavy atom. The minimum absolute atomic E-state index is 0.267. The van der Waals surface area contributed by atoms with Crippen LogP contribution in [0.25, 0.3) is 0 Å². The summed E-state index contributed by atoms with van der Waals surface area (Å²) in [6, 6.07) is 0.554. The van der Waals surface area contributed by atoms with E-state index in [-0.39, 0.29) is 5.91 Å². The molecule has 0 aromatic carbocycles. The number of thioether (sulfide) groups is 1. The molecule has 1 amide bonds. The molecule has 0 bridgehead atoms. The summed E-state index contributed by atoms with van der Waals surface area (Å²) in [4.78, 5) is 18.3. The summed E-state index contributed by atoms with van der Waals surface area (Å²) in [5.41, 5.74) is 0. The van der Waals surface area contributed by atoms with Crippen molar-refractivity contribution in [2.24, 2.45) is 10.9 Å². The molecule has 2 aliphatic rings. The first-order chi connectivity index (χ1) is 9.15. The highest BCUT2D eigenvalue weighted by Gasteiger charge is 2.21. The van der Waals surface area contributed by atoms with Gasteiger partial charge in [-0.05, 0) is 25.2 Å². The molecule has 0 saturated carbocycles. The summed E-state index contributed by atoms with van der Waals surface area (Å²) in [7, 11) is 0. The first kappa shape index (κ1) is 14.7. The summed E-state index contributed by atoms with van der Waals surface area (Å²) in [5, 5.41) is 4.48. The highest BCUT2D eigenvalue weighted by molar-refractivity contribution is 8.14. The van der Waals surface area contributed by atoms with Gasteiger partial charge < -0.3 is 10.2 Å². The maximum absolute atomic E-state index is 11.9. The second-order valence-corrected chi connectivity index (χ2v) is 6.82. The van der Waals surface area contributed by atoms with E-state index in [9.17, 15) is 4.79 Å². The van der Waals surface area contributed by atoms with Crippen LogP contribution < -0.4 is 5.32 Å². The third kappa shape index (κ3) is 4.71. The van der Waals surface area contributed by atoms with E-state index >= 15 is 0 Å². The van der Waals surface area contributed by atoms with E-state index in [1.165, 1.54) is 6.42 Å². The highest BCUT2D eigenvalue weighted by atomic mass is 32.2. The number of likely N-dealkylation sites (tertiary alicyclic amines) is 1. The molecule has 0 aromatic rings. The number of amides is 1. The summed E-state index contributed by atoms with van der Waals surface area (Å²) < 4.78 is 0. The molecule has 0 aromatic heterocycles. The van der Waals surface area contributed by atoms with Crippen LogP contribution in [-0.2, 0) is 4.79 Å². The standard InChI is InChI=1S/C14H25N3OS/c1-11(2)9-12-10-19-14(16-12)15-6-5-13(18)17-7-3-4-8-17/h11-12H,3-10H2,1-2H3,(H,15,16). The molecule has 1 atom stereocenters. The van der Waals surface area contributed by atoms with Crippen LogP contribution in [0, 0.1) is 5.92 Å². The molecule has 2 aliphatic heterocycles. The first-order valence-electron chi connectivity index (χ1n) is 7.36. The van der Waals surface area contributed by atoms with E-state index in [1.807, 2.05) is 4.90 Å². The quantitative estimate of drug-likeness (QED) is 0.840. The molecule has 19 heavy (non-hydrogen) atoms. The van der Waals surface area contributed by atoms with E-state index in [0.717, 1.165) is 36.9 Å². The van der Waals surface area contributed by atoms with E-state index in [0.29, 0.717) is 24.9 Å². The van der Waals surface area contributed by atoms with Crippen molar-refractivity contribution in [2.75, 3.05) is 25.4 Å². The van der Waals surface area contributed by atoms with Gasteiger partial charge in [0.25, 0.3) is 0 Å². The number of carbonyl (C=O) groups excluding carboxylic acids is 1. The van der Waals surface area contributed by atoms with Gasteiger partial charge in [-0.15, -0.1) is 0 Å². The van der Waals surface area contributed by atoms with Crippen LogP contribution in [-0.4, -0.2) is 47.4 Å². The van der Waals surface area contributed by atoms with Crippen molar-refractivity contribution in [1.29, 1.82) is 0 Å². The number of rotatable bonds is 5. The molecule has 0 radical (unpaired) electrons. The molecule has 0 spiro atoms. The molecule has 4 nitrogen and oxygen atoms in total. The maximum Gasteiger partial charge on any atom is 0.224 e. The molecular weight excluding hydrogens is 258 g/mol. The van der Waals surface area contributed by atoms with E-state index in [4.69, 9.17) is 0 Å². The van der Waals surface area contributed by atoms with Crippen molar-refractivity contribution in [3.05, 3.63) is 0 Å². The van der Waals surface area contributed by atoms with Crippen molar-refractivity contribution in [2.45, 2.75) is 45.6 Å². The summed E-state index contributed by atoms with van der Waals surface area (Å²) in [5.74, 6) is 2.09. The average Bonchev–Trinajstić information content (AvgIpc) is 2.99. The monoisotopic (exact) mass is 283 g/mol. The number of aliphatic imine (C=N–C) groups is 1. The minimum Gasteiger partial charge on any atom is -0.361 e. The van der Waals surface area contributed by atoms with Gasteiger partial charge in [0.1, 0.15) is 0 Å². The third-order valence-corrected chi connectivity index (χ3v) is 4.63. The van der Waals surface area contributed by atoms with Gasteiger partial charge in [-0.25, -0.2) is 0 Å². The molecule has 2 fully saturated rings. The Morgan fingerprint density at radius 3 is 2.89 bits per heavy atom. The molecule has 1 N–H and O–H groups in total. The molecule has 2 saturated heterocycles. The third-order valence-electron chi connectivity index (χ3n) is 3.54. The molecular formula is C14H25N3OS. The molecule has 0 aliphatic carbocycles. The Labute approximate surface area is 120 Å². The van der Waals surface area contributed by atoms with Gasteiger partial charge >= 0.3 is 0 Å². The predicted octanol–water partition coefficient (Wildman–Crippen LogP) is 2.11. The van der Waals surface area contributed by atoms with E-state index in [2.05, 4.69) is 24.2 Å². The van der Waals surface area contributed by atoms with Crippen LogP contribution in [0.3, 0.4) is 0 Å². The molecule has 2 heterocycles. The number of nitrogens with one attached hydrogen (secondary N) is 1. The maximum atomic E-state index is 11.9. The lowest BCUT2D eigenvalue weighted by atomic mass is 10.1. The van der Waals surface area contributed by atoms with Crippen molar-refractivity contribution < 1.29 is 4.79 Å². The van der Waals surface area contributed by atoms with Gasteiger partial charge in [0, 0.05) is 31.3 Å². The number of hydrogen-bond acceptors (Lipinski definition) is 3. The van der Waals surface area contributed by atoms with Crippen LogP contribution in [0.1, 0.15) is 39.5 Å². The second-order valence-electron chi connectivity index (χ2n) is 5.81. The fourth-order valence-corrected chi connectivity index (χ4v) is 3.61. The summed E-state index contributed by atoms with van der Waals surface area (Å²) in [6.07, 6.45) is 4.07. The lowest BCUT2D eigenvalue weighted by Gasteiger charge is -2.14. The SMILES string of the molecule is CC(C)CC1CSC(=NCCC(=O)N2CCCC2)N1. The minimum atomic E-state index is 0.267. The Morgan fingerprint density at radius 1 is 1.47 bits per heavy atom. The first-order valence-corrected chi connectivity index (χ1v) is 8.35. The number of hydrogen-bond donors (Lipinski definition) is 1. The fraction of sp³-hybridized carbons (Fsp3) is 0.857. The zero-order valence-corrected chi connectivity index (χ0v) is 12.8. The Balaban J connectivity index is 1.67. The van der Waals surface area contributed by atoms with Crippen LogP contribution in [0.2, 0.25) is 0 Å². The van der Waals surface area contributed by atoms with Gasteiger partial charge in [0.15, 0.2) is 5.17 Å². The van der Waals surface area contributed by atoms with Crippen LogP contribution >= 0.6 is 11.8 Å². The summed E-state index contributed by atoms with van der Waals surface area (Å²) in [6.45, 7) is 7.00. The predicted molar refractivity (Wildman–Crippen MR) is 81.6 cm³/mol. The second kappa shape index (κ2) is 7.17. The largest absolute Gasteiger partial charge is 0.361 e. The van der Waals surface area contributed by atoms with Crippen molar-refractivity contribution >= 4 is 22.8 Å². The van der Waals surface area contributed by atoms with Gasteiger partial charge in [0.2, 0.25) is 5.91 Å². The highest BCUT2D eigenvalue weighted by Crippen LogP contribution is 2.19. The van der Waals surface area contributed by atoms with Gasteiger partial charge in [-0.2, -0.15) is 0 Å². The molecule has 1 unspecified atom stereocenters. The van der Waals surface area contributed by atoms with Gasteiger partial charge in [0.05, 0.1) is 6.54 Å². The number of amidine groups is 1. The summed E-state index contributed by atoms with van der Waals surface area (Å²) >= 11 is 1.79. The lowest BCUT2D eigenvalue weighted by Crippen LogP contribution is -2.29. The Bertz CT molecular complexity index is 338. The smallest absolute Gasteiger partial charge is 0.224 e. The lowest BCUT2D eigenvalue weighted by molar-refractivity contribution is -0.129.